The van der Waals surface area contributed by atoms with Crippen LogP contribution in [0, 0.1) is 10.1 Å². The summed E-state index contributed by atoms with van der Waals surface area (Å²) < 4.78 is 5.85. The van der Waals surface area contributed by atoms with Gasteiger partial charge in [-0.25, -0.2) is 0 Å². The van der Waals surface area contributed by atoms with E-state index in [0.717, 1.165) is 31.4 Å². The van der Waals surface area contributed by atoms with Gasteiger partial charge in [0, 0.05) is 18.7 Å². The number of hydrogen-bond donors (Lipinski definition) is 1. The van der Waals surface area contributed by atoms with E-state index in [1.165, 1.54) is 12.8 Å². The van der Waals surface area contributed by atoms with E-state index < -0.39 is 0 Å². The summed E-state index contributed by atoms with van der Waals surface area (Å²) in [5, 5.41) is 14.6. The predicted molar refractivity (Wildman–Crippen MR) is 80.4 cm³/mol. The molecule has 112 valence electrons. The molecule has 5 nitrogen and oxygen atoms in total. The minimum Gasteiger partial charge on any atom is -0.479 e. The molecule has 1 saturated carbocycles. The van der Waals surface area contributed by atoms with Crippen molar-refractivity contribution in [3.8, 4) is 5.75 Å². The molecule has 2 aliphatic carbocycles. The van der Waals surface area contributed by atoms with E-state index >= 15 is 0 Å². The van der Waals surface area contributed by atoms with Crippen molar-refractivity contribution in [1.29, 1.82) is 0 Å². The fraction of sp³-hybridized carbons (Fsp3) is 0.500. The van der Waals surface area contributed by atoms with Crippen LogP contribution in [0.25, 0.3) is 0 Å². The lowest BCUT2D eigenvalue weighted by atomic mass is 10.1. The predicted octanol–water partition coefficient (Wildman–Crippen LogP) is 3.33. The van der Waals surface area contributed by atoms with Gasteiger partial charge in [0.1, 0.15) is 6.10 Å². The van der Waals surface area contributed by atoms with Gasteiger partial charge in [0.05, 0.1) is 4.92 Å². The molecule has 0 radical (unpaired) electrons. The monoisotopic (exact) mass is 288 g/mol. The minimum absolute atomic E-state index is 0.0455. The zero-order valence-electron chi connectivity index (χ0n) is 12.0. The van der Waals surface area contributed by atoms with Crippen molar-refractivity contribution in [3.63, 3.8) is 0 Å². The lowest BCUT2D eigenvalue weighted by Crippen LogP contribution is -2.18. The van der Waals surface area contributed by atoms with Gasteiger partial charge in [-0.2, -0.15) is 0 Å². The van der Waals surface area contributed by atoms with Crippen LogP contribution in [0.3, 0.4) is 0 Å². The number of nitro benzene ring substituents is 1. The van der Waals surface area contributed by atoms with Crippen molar-refractivity contribution >= 4 is 5.69 Å². The summed E-state index contributed by atoms with van der Waals surface area (Å²) in [5.41, 5.74) is 1.08. The molecule has 1 unspecified atom stereocenters. The van der Waals surface area contributed by atoms with E-state index in [2.05, 4.69) is 11.4 Å². The van der Waals surface area contributed by atoms with Crippen LogP contribution in [0.2, 0.25) is 0 Å². The van der Waals surface area contributed by atoms with Gasteiger partial charge in [-0.3, -0.25) is 10.1 Å². The first-order valence-electron chi connectivity index (χ1n) is 7.56. The summed E-state index contributed by atoms with van der Waals surface area (Å²) in [5.74, 6) is 0.381. The highest BCUT2D eigenvalue weighted by Crippen LogP contribution is 2.31. The summed E-state index contributed by atoms with van der Waals surface area (Å²) in [4.78, 5) is 10.8. The third-order valence-electron chi connectivity index (χ3n) is 3.88. The first kappa shape index (κ1) is 14.1. The lowest BCUT2D eigenvalue weighted by molar-refractivity contribution is -0.386. The van der Waals surface area contributed by atoms with Gasteiger partial charge in [0.15, 0.2) is 5.75 Å². The van der Waals surface area contributed by atoms with E-state index in [9.17, 15) is 10.1 Å². The number of ether oxygens (including phenoxy) is 1. The SMILES string of the molecule is O=[N+]([O-])c1ccc(CNC2CC2)cc1OC1C=CCCC1. The largest absolute Gasteiger partial charge is 0.479 e. The van der Waals surface area contributed by atoms with Gasteiger partial charge in [-0.1, -0.05) is 12.1 Å². The molecule has 0 bridgehead atoms. The van der Waals surface area contributed by atoms with Gasteiger partial charge in [-0.15, -0.1) is 0 Å². The first-order chi connectivity index (χ1) is 10.2. The van der Waals surface area contributed by atoms with Crippen molar-refractivity contribution in [2.75, 3.05) is 0 Å². The summed E-state index contributed by atoms with van der Waals surface area (Å²) in [6.07, 6.45) is 9.53. The molecule has 1 fully saturated rings. The number of benzene rings is 1. The van der Waals surface area contributed by atoms with E-state index in [0.29, 0.717) is 11.8 Å². The quantitative estimate of drug-likeness (QED) is 0.495. The second-order valence-electron chi connectivity index (χ2n) is 5.73. The van der Waals surface area contributed by atoms with E-state index in [1.807, 2.05) is 6.08 Å². The summed E-state index contributed by atoms with van der Waals surface area (Å²) in [6, 6.07) is 5.77. The Kier molecular flexibility index (Phi) is 4.20. The Morgan fingerprint density at radius 1 is 1.33 bits per heavy atom. The standard InChI is InChI=1S/C16H20N2O3/c19-18(20)15-9-6-12(11-17-13-7-8-13)10-16(15)21-14-4-2-1-3-5-14/h2,4,6,9-10,13-14,17H,1,3,5,7-8,11H2. The van der Waals surface area contributed by atoms with Gasteiger partial charge in [0.2, 0.25) is 0 Å². The highest BCUT2D eigenvalue weighted by molar-refractivity contribution is 5.48. The van der Waals surface area contributed by atoms with Gasteiger partial charge < -0.3 is 10.1 Å². The van der Waals surface area contributed by atoms with E-state index in [1.54, 1.807) is 18.2 Å². The Hall–Kier alpha value is -1.88. The van der Waals surface area contributed by atoms with Gasteiger partial charge in [-0.05, 0) is 49.8 Å². The van der Waals surface area contributed by atoms with Gasteiger partial charge in [0.25, 0.3) is 0 Å². The molecule has 2 aliphatic rings. The van der Waals surface area contributed by atoms with Crippen molar-refractivity contribution in [2.45, 2.75) is 50.8 Å². The Morgan fingerprint density at radius 3 is 2.86 bits per heavy atom. The average molecular weight is 288 g/mol. The third-order valence-corrected chi connectivity index (χ3v) is 3.88. The molecule has 0 aliphatic heterocycles. The second-order valence-corrected chi connectivity index (χ2v) is 5.73. The van der Waals surface area contributed by atoms with Crippen LogP contribution in [0.5, 0.6) is 5.75 Å². The van der Waals surface area contributed by atoms with Crippen LogP contribution in [0.15, 0.2) is 30.4 Å². The molecular formula is C16H20N2O3. The molecule has 1 atom stereocenters. The molecule has 3 rings (SSSR count). The van der Waals surface area contributed by atoms with Crippen LogP contribution in [-0.2, 0) is 6.54 Å². The summed E-state index contributed by atoms with van der Waals surface area (Å²) in [7, 11) is 0. The molecule has 1 N–H and O–H groups in total. The van der Waals surface area contributed by atoms with Gasteiger partial charge >= 0.3 is 5.69 Å². The van der Waals surface area contributed by atoms with Crippen LogP contribution in [-0.4, -0.2) is 17.1 Å². The Bertz CT molecular complexity index is 552. The highest BCUT2D eigenvalue weighted by atomic mass is 16.6. The third kappa shape index (κ3) is 3.82. The lowest BCUT2D eigenvalue weighted by Gasteiger charge is -2.18. The van der Waals surface area contributed by atoms with Crippen LogP contribution >= 0.6 is 0 Å². The van der Waals surface area contributed by atoms with Crippen LogP contribution in [0.4, 0.5) is 5.69 Å². The van der Waals surface area contributed by atoms with E-state index in [-0.39, 0.29) is 16.7 Å². The Balaban J connectivity index is 1.75. The fourth-order valence-corrected chi connectivity index (χ4v) is 2.51. The van der Waals surface area contributed by atoms with Crippen LogP contribution in [0.1, 0.15) is 37.7 Å². The van der Waals surface area contributed by atoms with E-state index in [4.69, 9.17) is 4.74 Å². The second kappa shape index (κ2) is 6.26. The van der Waals surface area contributed by atoms with Crippen molar-refractivity contribution in [3.05, 3.63) is 46.0 Å². The fourth-order valence-electron chi connectivity index (χ4n) is 2.51. The molecule has 0 saturated heterocycles. The number of nitro groups is 1. The maximum atomic E-state index is 11.1. The molecule has 21 heavy (non-hydrogen) atoms. The molecule has 0 amide bonds. The number of hydrogen-bond acceptors (Lipinski definition) is 4. The maximum absolute atomic E-state index is 11.1. The number of rotatable bonds is 6. The molecule has 0 spiro atoms. The normalized spacial score (nSPS) is 21.2. The highest BCUT2D eigenvalue weighted by Gasteiger charge is 2.22. The molecule has 1 aromatic carbocycles. The minimum atomic E-state index is -0.375. The smallest absolute Gasteiger partial charge is 0.310 e. The zero-order chi connectivity index (χ0) is 14.7. The number of nitrogens with zero attached hydrogens (tertiary/aromatic N) is 1. The van der Waals surface area contributed by atoms with Crippen molar-refractivity contribution < 1.29 is 9.66 Å². The van der Waals surface area contributed by atoms with Crippen LogP contribution < -0.4 is 10.1 Å². The number of nitrogens with one attached hydrogen (secondary N) is 1. The summed E-state index contributed by atoms with van der Waals surface area (Å²) in [6.45, 7) is 0.736. The maximum Gasteiger partial charge on any atom is 0.310 e. The van der Waals surface area contributed by atoms with Crippen molar-refractivity contribution in [2.24, 2.45) is 0 Å². The Labute approximate surface area is 124 Å². The summed E-state index contributed by atoms with van der Waals surface area (Å²) >= 11 is 0. The molecule has 5 heteroatoms. The Morgan fingerprint density at radius 2 is 2.19 bits per heavy atom. The molecule has 1 aromatic rings. The average Bonchev–Trinajstić information content (AvgIpc) is 3.30. The molecule has 0 aromatic heterocycles. The number of allylic oxidation sites excluding steroid dienone is 1. The molecule has 0 heterocycles. The molecular weight excluding hydrogens is 268 g/mol. The van der Waals surface area contributed by atoms with Crippen molar-refractivity contribution in [1.82, 2.24) is 5.32 Å². The topological polar surface area (TPSA) is 64.4 Å². The first-order valence-corrected chi connectivity index (χ1v) is 7.56. The zero-order valence-corrected chi connectivity index (χ0v) is 12.0.